The summed E-state index contributed by atoms with van der Waals surface area (Å²) in [7, 11) is 0. The highest BCUT2D eigenvalue weighted by molar-refractivity contribution is 5.91. The van der Waals surface area contributed by atoms with Crippen LogP contribution >= 0.6 is 0 Å². The molecule has 1 aromatic carbocycles. The third-order valence-electron chi connectivity index (χ3n) is 9.19. The molecule has 1 aromatic rings. The first-order valence-electron chi connectivity index (χ1n) is 13.2. The minimum atomic E-state index is -4.44. The highest BCUT2D eigenvalue weighted by Gasteiger charge is 2.56. The lowest BCUT2D eigenvalue weighted by Crippen LogP contribution is -2.49. The monoisotopic (exact) mass is 491 g/mol. The molecule has 0 bridgehead atoms. The average molecular weight is 492 g/mol. The van der Waals surface area contributed by atoms with E-state index in [-0.39, 0.29) is 12.1 Å². The van der Waals surface area contributed by atoms with Crippen LogP contribution in [0.25, 0.3) is 0 Å². The number of carbonyl (C=O) groups excluding carboxylic acids is 2. The predicted octanol–water partition coefficient (Wildman–Crippen LogP) is 8.21. The minimum Gasteiger partial charge on any atom is -0.328 e. The zero-order chi connectivity index (χ0) is 25.9. The number of allylic oxidation sites excluding steroid dienone is 1. The standard InChI is InChI=1S/C19H28O.C8H6F3NO.C2H6/c1-18-9-3-4-16(18)15-6-5-13-12-14(20)7-11-19(13,2)17(15)8-10-18;9-8(10,11)6-3-1-2-4-7(6)12-5-13;1-2/h12,15-17H,3-11H2,1-2H3;1-5H,(H,12,13);1-2H3. The fraction of sp³-hybridized carbons (Fsp3) is 0.655. The number of alkyl halides is 3. The molecule has 0 aliphatic heterocycles. The number of anilines is 1. The minimum absolute atomic E-state index is 0.213. The van der Waals surface area contributed by atoms with Gasteiger partial charge < -0.3 is 5.32 Å². The zero-order valence-electron chi connectivity index (χ0n) is 21.5. The Morgan fingerprint density at radius 2 is 1.69 bits per heavy atom. The lowest BCUT2D eigenvalue weighted by atomic mass is 9.47. The molecule has 35 heavy (non-hydrogen) atoms. The Morgan fingerprint density at radius 1 is 0.971 bits per heavy atom. The molecule has 4 aliphatic rings. The van der Waals surface area contributed by atoms with Gasteiger partial charge in [0, 0.05) is 6.42 Å². The van der Waals surface area contributed by atoms with Crippen molar-refractivity contribution in [3.8, 4) is 0 Å². The average Bonchev–Trinajstić information content (AvgIpc) is 3.23. The third-order valence-corrected chi connectivity index (χ3v) is 9.19. The van der Waals surface area contributed by atoms with Crippen LogP contribution in [0.15, 0.2) is 35.9 Å². The van der Waals surface area contributed by atoms with E-state index in [2.05, 4.69) is 13.8 Å². The molecule has 1 amide bonds. The molecule has 3 nitrogen and oxygen atoms in total. The van der Waals surface area contributed by atoms with Gasteiger partial charge in [-0.05, 0) is 91.7 Å². The van der Waals surface area contributed by atoms with Crippen LogP contribution in [0.3, 0.4) is 0 Å². The van der Waals surface area contributed by atoms with Crippen LogP contribution < -0.4 is 5.32 Å². The Hall–Kier alpha value is -2.11. The van der Waals surface area contributed by atoms with Gasteiger partial charge in [0.15, 0.2) is 5.78 Å². The molecule has 5 rings (SSSR count). The SMILES string of the molecule is CC.CC12CCCC1C1CCC3=CC(=O)CCC3(C)C1CC2.O=CNc1ccccc1C(F)(F)F. The third kappa shape index (κ3) is 5.51. The molecule has 3 saturated carbocycles. The van der Waals surface area contributed by atoms with Crippen molar-refractivity contribution in [1.82, 2.24) is 0 Å². The normalized spacial score (nSPS) is 33.4. The zero-order valence-corrected chi connectivity index (χ0v) is 21.5. The predicted molar refractivity (Wildman–Crippen MR) is 134 cm³/mol. The van der Waals surface area contributed by atoms with Crippen molar-refractivity contribution in [3.63, 3.8) is 0 Å². The fourth-order valence-electron chi connectivity index (χ4n) is 7.47. The second-order valence-electron chi connectivity index (χ2n) is 10.9. The first-order valence-corrected chi connectivity index (χ1v) is 13.2. The van der Waals surface area contributed by atoms with Crippen LogP contribution in [0.2, 0.25) is 0 Å². The molecule has 1 N–H and O–H groups in total. The van der Waals surface area contributed by atoms with Gasteiger partial charge in [-0.15, -0.1) is 0 Å². The van der Waals surface area contributed by atoms with Gasteiger partial charge in [-0.25, -0.2) is 0 Å². The van der Waals surface area contributed by atoms with Gasteiger partial charge in [0.25, 0.3) is 0 Å². The summed E-state index contributed by atoms with van der Waals surface area (Å²) in [6.07, 6.45) is 9.56. The van der Waals surface area contributed by atoms with E-state index < -0.39 is 11.7 Å². The van der Waals surface area contributed by atoms with E-state index in [4.69, 9.17) is 0 Å². The van der Waals surface area contributed by atoms with Crippen LogP contribution in [0.4, 0.5) is 18.9 Å². The quantitative estimate of drug-likeness (QED) is 0.424. The van der Waals surface area contributed by atoms with Crippen LogP contribution in [0.5, 0.6) is 0 Å². The molecule has 5 atom stereocenters. The highest BCUT2D eigenvalue weighted by atomic mass is 19.4. The first-order chi connectivity index (χ1) is 16.6. The Labute approximate surface area is 207 Å². The number of benzene rings is 1. The first kappa shape index (κ1) is 27.5. The Bertz CT molecular complexity index is 940. The molecular formula is C29H40F3NO2. The van der Waals surface area contributed by atoms with E-state index in [9.17, 15) is 22.8 Å². The second-order valence-corrected chi connectivity index (χ2v) is 10.9. The number of carbonyl (C=O) groups is 2. The summed E-state index contributed by atoms with van der Waals surface area (Å²) in [4.78, 5) is 21.8. The molecule has 0 spiro atoms. The van der Waals surface area contributed by atoms with Crippen molar-refractivity contribution in [1.29, 1.82) is 0 Å². The van der Waals surface area contributed by atoms with Crippen LogP contribution in [-0.2, 0) is 15.8 Å². The maximum absolute atomic E-state index is 12.2. The smallest absolute Gasteiger partial charge is 0.328 e. The van der Waals surface area contributed by atoms with Gasteiger partial charge in [-0.1, -0.05) is 51.8 Å². The summed E-state index contributed by atoms with van der Waals surface area (Å²) in [5, 5.41) is 1.98. The number of ketones is 1. The summed E-state index contributed by atoms with van der Waals surface area (Å²) in [5.74, 6) is 3.19. The molecule has 5 unspecified atom stereocenters. The maximum Gasteiger partial charge on any atom is 0.418 e. The molecule has 0 radical (unpaired) electrons. The maximum atomic E-state index is 12.2. The van der Waals surface area contributed by atoms with Crippen molar-refractivity contribution in [3.05, 3.63) is 41.5 Å². The molecule has 0 aromatic heterocycles. The van der Waals surface area contributed by atoms with Crippen LogP contribution in [0, 0.1) is 28.6 Å². The van der Waals surface area contributed by atoms with Crippen LogP contribution in [0.1, 0.15) is 91.0 Å². The largest absolute Gasteiger partial charge is 0.418 e. The van der Waals surface area contributed by atoms with Gasteiger partial charge in [0.05, 0.1) is 11.3 Å². The van der Waals surface area contributed by atoms with Gasteiger partial charge in [0.1, 0.15) is 0 Å². The lowest BCUT2D eigenvalue weighted by molar-refractivity contribution is -0.137. The molecule has 194 valence electrons. The van der Waals surface area contributed by atoms with Gasteiger partial charge in [-0.2, -0.15) is 13.2 Å². The number of hydrogen-bond acceptors (Lipinski definition) is 2. The fourth-order valence-corrected chi connectivity index (χ4v) is 7.47. The van der Waals surface area contributed by atoms with E-state index in [0.717, 1.165) is 36.7 Å². The second kappa shape index (κ2) is 10.9. The Balaban J connectivity index is 0.000000199. The van der Waals surface area contributed by atoms with E-state index in [1.165, 1.54) is 68.7 Å². The van der Waals surface area contributed by atoms with Crippen molar-refractivity contribution in [2.24, 2.45) is 28.6 Å². The molecule has 6 heteroatoms. The van der Waals surface area contributed by atoms with E-state index in [1.807, 2.05) is 25.2 Å². The van der Waals surface area contributed by atoms with Gasteiger partial charge in [-0.3, -0.25) is 9.59 Å². The lowest BCUT2D eigenvalue weighted by Gasteiger charge is -2.57. The number of rotatable bonds is 2. The molecule has 0 heterocycles. The molecule has 4 aliphatic carbocycles. The summed E-state index contributed by atoms with van der Waals surface area (Å²) in [6.45, 7) is 9.05. The van der Waals surface area contributed by atoms with Crippen molar-refractivity contribution < 1.29 is 22.8 Å². The Morgan fingerprint density at radius 3 is 2.37 bits per heavy atom. The van der Waals surface area contributed by atoms with E-state index >= 15 is 0 Å². The number of hydrogen-bond donors (Lipinski definition) is 1. The van der Waals surface area contributed by atoms with Crippen LogP contribution in [-0.4, -0.2) is 12.2 Å². The Kier molecular flexibility index (Phi) is 8.54. The van der Waals surface area contributed by atoms with Gasteiger partial charge >= 0.3 is 6.18 Å². The number of para-hydroxylation sites is 1. The van der Waals surface area contributed by atoms with Crippen molar-refractivity contribution >= 4 is 17.9 Å². The van der Waals surface area contributed by atoms with E-state index in [0.29, 0.717) is 16.6 Å². The van der Waals surface area contributed by atoms with Crippen molar-refractivity contribution in [2.75, 3.05) is 5.32 Å². The molecular weight excluding hydrogens is 451 g/mol. The summed E-state index contributed by atoms with van der Waals surface area (Å²) < 4.78 is 36.6. The summed E-state index contributed by atoms with van der Waals surface area (Å²) in [6, 6.07) is 4.78. The number of nitrogens with one attached hydrogen (secondary N) is 1. The van der Waals surface area contributed by atoms with Gasteiger partial charge in [0.2, 0.25) is 6.41 Å². The number of amides is 1. The topological polar surface area (TPSA) is 46.2 Å². The summed E-state index contributed by atoms with van der Waals surface area (Å²) >= 11 is 0. The number of halogens is 3. The summed E-state index contributed by atoms with van der Waals surface area (Å²) in [5.41, 5.74) is 1.45. The molecule has 0 saturated heterocycles. The van der Waals surface area contributed by atoms with E-state index in [1.54, 1.807) is 0 Å². The molecule has 3 fully saturated rings. The number of fused-ring (bicyclic) bond motifs is 5. The highest BCUT2D eigenvalue weighted by Crippen LogP contribution is 2.65. The van der Waals surface area contributed by atoms with Crippen molar-refractivity contribution in [2.45, 2.75) is 91.7 Å².